The van der Waals surface area contributed by atoms with Crippen molar-refractivity contribution >= 4 is 11.6 Å². The van der Waals surface area contributed by atoms with Crippen molar-refractivity contribution in [2.75, 3.05) is 0 Å². The molecule has 0 aromatic rings. The first-order chi connectivity index (χ1) is 6.39. The SMILES string of the molecule is CC(=O)/C=C/C1=CC(=O)CC(C)(C)C1. The van der Waals surface area contributed by atoms with Crippen molar-refractivity contribution in [3.05, 3.63) is 23.8 Å². The minimum atomic E-state index is 0.0155. The molecule has 76 valence electrons. The zero-order valence-corrected chi connectivity index (χ0v) is 8.96. The Morgan fingerprint density at radius 2 is 2.07 bits per heavy atom. The van der Waals surface area contributed by atoms with Crippen LogP contribution in [0.25, 0.3) is 0 Å². The molecule has 0 N–H and O–H groups in total. The fraction of sp³-hybridized carbons (Fsp3) is 0.500. The second kappa shape index (κ2) is 3.91. The summed E-state index contributed by atoms with van der Waals surface area (Å²) in [5.74, 6) is 0.172. The molecule has 0 fully saturated rings. The quantitative estimate of drug-likeness (QED) is 0.630. The molecule has 0 saturated carbocycles. The molecule has 1 aliphatic rings. The second-order valence-corrected chi connectivity index (χ2v) is 4.65. The summed E-state index contributed by atoms with van der Waals surface area (Å²) in [4.78, 5) is 22.1. The Labute approximate surface area is 84.7 Å². The lowest BCUT2D eigenvalue weighted by Crippen LogP contribution is -2.21. The maximum Gasteiger partial charge on any atom is 0.156 e. The average Bonchev–Trinajstić information content (AvgIpc) is 1.96. The van der Waals surface area contributed by atoms with Crippen LogP contribution in [0.15, 0.2) is 23.8 Å². The lowest BCUT2D eigenvalue weighted by Gasteiger charge is -2.27. The van der Waals surface area contributed by atoms with Crippen LogP contribution < -0.4 is 0 Å². The molecule has 0 atom stereocenters. The standard InChI is InChI=1S/C12H16O2/c1-9(13)4-5-10-6-11(14)8-12(2,3)7-10/h4-6H,7-8H2,1-3H3/b5-4+. The summed E-state index contributed by atoms with van der Waals surface area (Å²) >= 11 is 0. The number of hydrogen-bond donors (Lipinski definition) is 0. The summed E-state index contributed by atoms with van der Waals surface area (Å²) in [6.45, 7) is 5.64. The molecule has 0 radical (unpaired) electrons. The van der Waals surface area contributed by atoms with Crippen LogP contribution in [0.2, 0.25) is 0 Å². The van der Waals surface area contributed by atoms with Gasteiger partial charge in [-0.25, -0.2) is 0 Å². The van der Waals surface area contributed by atoms with Crippen molar-refractivity contribution in [3.8, 4) is 0 Å². The van der Waals surface area contributed by atoms with Crippen LogP contribution in [0.1, 0.15) is 33.6 Å². The van der Waals surface area contributed by atoms with Gasteiger partial charge in [-0.2, -0.15) is 0 Å². The summed E-state index contributed by atoms with van der Waals surface area (Å²) in [5, 5.41) is 0. The van der Waals surface area contributed by atoms with Gasteiger partial charge in [0.1, 0.15) is 0 Å². The first-order valence-electron chi connectivity index (χ1n) is 4.81. The van der Waals surface area contributed by atoms with Crippen LogP contribution in [-0.2, 0) is 9.59 Å². The Hall–Kier alpha value is -1.18. The molecule has 0 unspecified atom stereocenters. The Morgan fingerprint density at radius 3 is 2.57 bits per heavy atom. The molecule has 0 amide bonds. The third-order valence-corrected chi connectivity index (χ3v) is 2.21. The van der Waals surface area contributed by atoms with Gasteiger partial charge in [0.25, 0.3) is 0 Å². The van der Waals surface area contributed by atoms with E-state index in [4.69, 9.17) is 0 Å². The van der Waals surface area contributed by atoms with Crippen LogP contribution in [-0.4, -0.2) is 11.6 Å². The third kappa shape index (κ3) is 3.29. The number of carbonyl (C=O) groups excluding carboxylic acids is 2. The summed E-state index contributed by atoms with van der Waals surface area (Å²) < 4.78 is 0. The first kappa shape index (κ1) is 10.9. The van der Waals surface area contributed by atoms with Gasteiger partial charge >= 0.3 is 0 Å². The van der Waals surface area contributed by atoms with E-state index in [-0.39, 0.29) is 17.0 Å². The van der Waals surface area contributed by atoms with Gasteiger partial charge in [-0.1, -0.05) is 19.9 Å². The third-order valence-electron chi connectivity index (χ3n) is 2.21. The highest BCUT2D eigenvalue weighted by molar-refractivity contribution is 5.93. The van der Waals surface area contributed by atoms with Crippen molar-refractivity contribution < 1.29 is 9.59 Å². The van der Waals surface area contributed by atoms with Crippen molar-refractivity contribution in [1.29, 1.82) is 0 Å². The molecular weight excluding hydrogens is 176 g/mol. The molecule has 2 nitrogen and oxygen atoms in total. The van der Waals surface area contributed by atoms with Crippen molar-refractivity contribution in [2.45, 2.75) is 33.6 Å². The number of rotatable bonds is 2. The van der Waals surface area contributed by atoms with Gasteiger partial charge in [-0.3, -0.25) is 9.59 Å². The topological polar surface area (TPSA) is 34.1 Å². The summed E-state index contributed by atoms with van der Waals surface area (Å²) in [6.07, 6.45) is 6.37. The Bertz CT molecular complexity index is 319. The Morgan fingerprint density at radius 1 is 1.43 bits per heavy atom. The minimum absolute atomic E-state index is 0.0155. The highest BCUT2D eigenvalue weighted by Gasteiger charge is 2.26. The van der Waals surface area contributed by atoms with E-state index in [1.807, 2.05) is 0 Å². The largest absolute Gasteiger partial charge is 0.295 e. The van der Waals surface area contributed by atoms with E-state index in [2.05, 4.69) is 13.8 Å². The van der Waals surface area contributed by atoms with Gasteiger partial charge in [0.2, 0.25) is 0 Å². The van der Waals surface area contributed by atoms with E-state index in [0.29, 0.717) is 6.42 Å². The van der Waals surface area contributed by atoms with E-state index < -0.39 is 0 Å². The molecule has 1 aliphatic carbocycles. The molecule has 0 aromatic carbocycles. The van der Waals surface area contributed by atoms with Crippen LogP contribution in [0.5, 0.6) is 0 Å². The highest BCUT2D eigenvalue weighted by atomic mass is 16.1. The van der Waals surface area contributed by atoms with Crippen molar-refractivity contribution in [2.24, 2.45) is 5.41 Å². The van der Waals surface area contributed by atoms with Crippen LogP contribution >= 0.6 is 0 Å². The van der Waals surface area contributed by atoms with Crippen LogP contribution in [0.3, 0.4) is 0 Å². The zero-order valence-electron chi connectivity index (χ0n) is 8.96. The number of ketones is 2. The van der Waals surface area contributed by atoms with Gasteiger partial charge in [0, 0.05) is 6.42 Å². The number of carbonyl (C=O) groups is 2. The van der Waals surface area contributed by atoms with E-state index in [1.54, 1.807) is 12.2 Å². The first-order valence-corrected chi connectivity index (χ1v) is 4.81. The zero-order chi connectivity index (χ0) is 10.8. The smallest absolute Gasteiger partial charge is 0.156 e. The normalized spacial score (nSPS) is 21.1. The Kier molecular flexibility index (Phi) is 3.04. The maximum absolute atomic E-state index is 11.3. The number of allylic oxidation sites excluding steroid dienone is 4. The number of hydrogen-bond acceptors (Lipinski definition) is 2. The van der Waals surface area contributed by atoms with E-state index in [9.17, 15) is 9.59 Å². The monoisotopic (exact) mass is 192 g/mol. The highest BCUT2D eigenvalue weighted by Crippen LogP contribution is 2.33. The van der Waals surface area contributed by atoms with E-state index >= 15 is 0 Å². The fourth-order valence-electron chi connectivity index (χ4n) is 1.73. The summed E-state index contributed by atoms with van der Waals surface area (Å²) in [5.41, 5.74) is 0.990. The molecule has 0 bridgehead atoms. The van der Waals surface area contributed by atoms with Gasteiger partial charge < -0.3 is 0 Å². The van der Waals surface area contributed by atoms with Crippen LogP contribution in [0, 0.1) is 5.41 Å². The lowest BCUT2D eigenvalue weighted by atomic mass is 9.77. The van der Waals surface area contributed by atoms with E-state index in [1.165, 1.54) is 13.0 Å². The molecule has 0 spiro atoms. The predicted octanol–water partition coefficient (Wildman–Crippen LogP) is 2.45. The molecule has 0 aromatic heterocycles. The molecule has 1 rings (SSSR count). The molecule has 0 aliphatic heterocycles. The molecular formula is C12H16O2. The molecule has 14 heavy (non-hydrogen) atoms. The second-order valence-electron chi connectivity index (χ2n) is 4.65. The van der Waals surface area contributed by atoms with Crippen molar-refractivity contribution in [1.82, 2.24) is 0 Å². The minimum Gasteiger partial charge on any atom is -0.295 e. The van der Waals surface area contributed by atoms with Crippen LogP contribution in [0.4, 0.5) is 0 Å². The predicted molar refractivity (Wildman–Crippen MR) is 55.9 cm³/mol. The van der Waals surface area contributed by atoms with Gasteiger partial charge in [0.15, 0.2) is 11.6 Å². The summed E-state index contributed by atoms with van der Waals surface area (Å²) in [7, 11) is 0. The average molecular weight is 192 g/mol. The molecule has 2 heteroatoms. The van der Waals surface area contributed by atoms with E-state index in [0.717, 1.165) is 12.0 Å². The van der Waals surface area contributed by atoms with Crippen molar-refractivity contribution in [3.63, 3.8) is 0 Å². The van der Waals surface area contributed by atoms with Gasteiger partial charge in [0.05, 0.1) is 0 Å². The molecule has 0 heterocycles. The maximum atomic E-state index is 11.3. The Balaban J connectivity index is 2.80. The molecule has 0 saturated heterocycles. The fourth-order valence-corrected chi connectivity index (χ4v) is 1.73. The van der Waals surface area contributed by atoms with Gasteiger partial charge in [-0.05, 0) is 36.5 Å². The summed E-state index contributed by atoms with van der Waals surface area (Å²) in [6, 6.07) is 0. The lowest BCUT2D eigenvalue weighted by molar-refractivity contribution is -0.117. The van der Waals surface area contributed by atoms with Gasteiger partial charge in [-0.15, -0.1) is 0 Å².